The van der Waals surface area contributed by atoms with Crippen LogP contribution in [0.4, 0.5) is 0 Å². The van der Waals surface area contributed by atoms with E-state index in [-0.39, 0.29) is 6.04 Å². The summed E-state index contributed by atoms with van der Waals surface area (Å²) in [6, 6.07) is 0.758. The highest BCUT2D eigenvalue weighted by Crippen LogP contribution is 2.44. The molecule has 0 spiro atoms. The van der Waals surface area contributed by atoms with E-state index in [1.54, 1.807) is 0 Å². The summed E-state index contributed by atoms with van der Waals surface area (Å²) in [6.07, 6.45) is 11.1. The number of amidine groups is 1. The summed E-state index contributed by atoms with van der Waals surface area (Å²) in [6.45, 7) is 5.86. The van der Waals surface area contributed by atoms with Gasteiger partial charge in [-0.2, -0.15) is 0 Å². The monoisotopic (exact) mass is 303 g/mol. The summed E-state index contributed by atoms with van der Waals surface area (Å²) >= 11 is 0. The lowest BCUT2D eigenvalue weighted by Gasteiger charge is -2.44. The second-order valence-corrected chi connectivity index (χ2v) is 7.02. The normalized spacial score (nSPS) is 35.3. The van der Waals surface area contributed by atoms with Gasteiger partial charge in [-0.3, -0.25) is 0 Å². The van der Waals surface area contributed by atoms with Gasteiger partial charge in [-0.1, -0.05) is 6.58 Å². The van der Waals surface area contributed by atoms with Gasteiger partial charge in [0.15, 0.2) is 0 Å². The molecule has 2 saturated carbocycles. The van der Waals surface area contributed by atoms with Crippen LogP contribution < -0.4 is 16.8 Å². The number of nitrogens with zero attached hydrogens (tertiary/aromatic N) is 2. The maximum Gasteiger partial charge on any atom is 0.132 e. The van der Waals surface area contributed by atoms with Crippen molar-refractivity contribution in [3.63, 3.8) is 0 Å². The van der Waals surface area contributed by atoms with Crippen LogP contribution in [0.25, 0.3) is 0 Å². The molecule has 4 atom stereocenters. The van der Waals surface area contributed by atoms with E-state index in [4.69, 9.17) is 11.5 Å². The lowest BCUT2D eigenvalue weighted by atomic mass is 9.64. The molecule has 3 rings (SSSR count). The van der Waals surface area contributed by atoms with Gasteiger partial charge >= 0.3 is 0 Å². The summed E-state index contributed by atoms with van der Waals surface area (Å²) in [7, 11) is 0. The Hall–Kier alpha value is -1.49. The number of hydrogen-bond donors (Lipinski definition) is 3. The van der Waals surface area contributed by atoms with Crippen LogP contribution in [-0.4, -0.2) is 35.9 Å². The molecule has 0 aromatic carbocycles. The lowest BCUT2D eigenvalue weighted by Crippen LogP contribution is -2.41. The van der Waals surface area contributed by atoms with Crippen LogP contribution in [0.2, 0.25) is 0 Å². The molecular formula is C17H29N5. The molecule has 2 aliphatic carbocycles. The molecule has 0 aromatic rings. The Kier molecular flexibility index (Phi) is 4.71. The van der Waals surface area contributed by atoms with Gasteiger partial charge in [0.2, 0.25) is 0 Å². The van der Waals surface area contributed by atoms with Gasteiger partial charge in [-0.05, 0) is 62.6 Å². The molecular weight excluding hydrogens is 274 g/mol. The molecule has 0 amide bonds. The first-order chi connectivity index (χ1) is 10.7. The Labute approximate surface area is 133 Å². The van der Waals surface area contributed by atoms with E-state index in [1.807, 2.05) is 6.08 Å². The van der Waals surface area contributed by atoms with Gasteiger partial charge in [0.1, 0.15) is 11.7 Å². The van der Waals surface area contributed by atoms with E-state index >= 15 is 0 Å². The maximum absolute atomic E-state index is 5.98. The van der Waals surface area contributed by atoms with Crippen LogP contribution in [0.15, 0.2) is 29.7 Å². The number of rotatable bonds is 4. The minimum Gasteiger partial charge on any atom is -0.404 e. The van der Waals surface area contributed by atoms with Crippen molar-refractivity contribution in [1.29, 1.82) is 0 Å². The zero-order chi connectivity index (χ0) is 15.5. The molecule has 3 aliphatic rings. The van der Waals surface area contributed by atoms with Crippen LogP contribution >= 0.6 is 0 Å². The van der Waals surface area contributed by atoms with Gasteiger partial charge in [-0.25, -0.2) is 4.99 Å². The molecule has 1 aliphatic heterocycles. The Balaban J connectivity index is 1.57. The average molecular weight is 303 g/mol. The standard InChI is InChI=1S/C17H29N5/c1-12(20-16-5-4-13-2-3-14(13)10-16)21-17(6-8-18)22-9-7-15(19)11-22/h6,8,13-16,20H,1-5,7,9-11,18-19H2/b8-6-,21-17+/t13?,14?,15-,16?/m0/s1. The molecule has 1 saturated heterocycles. The predicted molar refractivity (Wildman–Crippen MR) is 91.1 cm³/mol. The van der Waals surface area contributed by atoms with Crippen LogP contribution in [0.3, 0.4) is 0 Å². The minimum absolute atomic E-state index is 0.228. The van der Waals surface area contributed by atoms with Gasteiger partial charge < -0.3 is 21.7 Å². The molecule has 0 bridgehead atoms. The highest BCUT2D eigenvalue weighted by molar-refractivity contribution is 5.93. The molecule has 0 radical (unpaired) electrons. The predicted octanol–water partition coefficient (Wildman–Crippen LogP) is 1.53. The molecule has 5 N–H and O–H groups in total. The molecule has 122 valence electrons. The first-order valence-electron chi connectivity index (χ1n) is 8.58. The Morgan fingerprint density at radius 1 is 1.18 bits per heavy atom. The third kappa shape index (κ3) is 3.46. The van der Waals surface area contributed by atoms with Crippen molar-refractivity contribution in [2.75, 3.05) is 13.1 Å². The summed E-state index contributed by atoms with van der Waals surface area (Å²) in [5.41, 5.74) is 11.5. The summed E-state index contributed by atoms with van der Waals surface area (Å²) in [5.74, 6) is 3.54. The SMILES string of the molecule is C=C(/N=C(\C=C/N)N1CC[C@H](N)C1)NC1CCC2CCC2C1. The number of likely N-dealkylation sites (tertiary alicyclic amines) is 1. The molecule has 5 nitrogen and oxygen atoms in total. The average Bonchev–Trinajstić information content (AvgIpc) is 2.88. The zero-order valence-corrected chi connectivity index (χ0v) is 13.4. The largest absolute Gasteiger partial charge is 0.404 e. The fraction of sp³-hybridized carbons (Fsp3) is 0.706. The molecule has 22 heavy (non-hydrogen) atoms. The highest BCUT2D eigenvalue weighted by Gasteiger charge is 2.36. The van der Waals surface area contributed by atoms with Crippen LogP contribution in [0, 0.1) is 11.8 Å². The number of fused-ring (bicyclic) bond motifs is 1. The van der Waals surface area contributed by atoms with Crippen molar-refractivity contribution < 1.29 is 0 Å². The highest BCUT2D eigenvalue weighted by atomic mass is 15.2. The third-order valence-electron chi connectivity index (χ3n) is 5.46. The maximum atomic E-state index is 5.98. The van der Waals surface area contributed by atoms with Crippen molar-refractivity contribution >= 4 is 5.84 Å². The molecule has 3 fully saturated rings. The second kappa shape index (κ2) is 6.73. The Morgan fingerprint density at radius 3 is 2.55 bits per heavy atom. The minimum atomic E-state index is 0.228. The van der Waals surface area contributed by atoms with Crippen LogP contribution in [0.5, 0.6) is 0 Å². The number of aliphatic imine (C=N–C) groups is 1. The fourth-order valence-electron chi connectivity index (χ4n) is 4.06. The number of nitrogens with one attached hydrogen (secondary N) is 1. The first kappa shape index (κ1) is 15.4. The fourth-order valence-corrected chi connectivity index (χ4v) is 4.06. The van der Waals surface area contributed by atoms with Gasteiger partial charge in [0.05, 0.1) is 0 Å². The smallest absolute Gasteiger partial charge is 0.132 e. The van der Waals surface area contributed by atoms with E-state index < -0.39 is 0 Å². The summed E-state index contributed by atoms with van der Waals surface area (Å²) in [5, 5.41) is 3.51. The van der Waals surface area contributed by atoms with E-state index in [0.717, 1.165) is 43.0 Å². The first-order valence-corrected chi connectivity index (χ1v) is 8.58. The summed E-state index contributed by atoms with van der Waals surface area (Å²) in [4.78, 5) is 6.84. The zero-order valence-electron chi connectivity index (χ0n) is 13.4. The Bertz CT molecular complexity index is 470. The topological polar surface area (TPSA) is 79.7 Å². The van der Waals surface area contributed by atoms with E-state index in [1.165, 1.54) is 38.3 Å². The lowest BCUT2D eigenvalue weighted by molar-refractivity contribution is 0.0956. The Morgan fingerprint density at radius 2 is 1.95 bits per heavy atom. The number of hydrogen-bond acceptors (Lipinski definition) is 4. The second-order valence-electron chi connectivity index (χ2n) is 7.02. The molecule has 3 unspecified atom stereocenters. The van der Waals surface area contributed by atoms with Gasteiger partial charge in [0, 0.05) is 25.2 Å². The van der Waals surface area contributed by atoms with Gasteiger partial charge in [0.25, 0.3) is 0 Å². The van der Waals surface area contributed by atoms with Crippen molar-refractivity contribution in [2.45, 2.75) is 50.6 Å². The van der Waals surface area contributed by atoms with Crippen LogP contribution in [-0.2, 0) is 0 Å². The quantitative estimate of drug-likeness (QED) is 0.543. The number of nitrogens with two attached hydrogens (primary N) is 2. The van der Waals surface area contributed by atoms with E-state index in [2.05, 4.69) is 21.8 Å². The third-order valence-corrected chi connectivity index (χ3v) is 5.46. The van der Waals surface area contributed by atoms with E-state index in [9.17, 15) is 0 Å². The van der Waals surface area contributed by atoms with Crippen molar-refractivity contribution in [3.05, 3.63) is 24.7 Å². The molecule has 0 aromatic heterocycles. The van der Waals surface area contributed by atoms with Gasteiger partial charge in [-0.15, -0.1) is 0 Å². The molecule has 1 heterocycles. The van der Waals surface area contributed by atoms with Crippen molar-refractivity contribution in [2.24, 2.45) is 28.3 Å². The molecule has 5 heteroatoms. The summed E-state index contributed by atoms with van der Waals surface area (Å²) < 4.78 is 0. The van der Waals surface area contributed by atoms with E-state index in [0.29, 0.717) is 6.04 Å². The van der Waals surface area contributed by atoms with Crippen LogP contribution in [0.1, 0.15) is 38.5 Å². The van der Waals surface area contributed by atoms with Crippen molar-refractivity contribution in [3.8, 4) is 0 Å². The van der Waals surface area contributed by atoms with Crippen molar-refractivity contribution in [1.82, 2.24) is 10.2 Å².